The Hall–Kier alpha value is -2.10. The summed E-state index contributed by atoms with van der Waals surface area (Å²) in [6.07, 6.45) is 0. The van der Waals surface area contributed by atoms with Gasteiger partial charge in [-0.25, -0.2) is 4.39 Å². The van der Waals surface area contributed by atoms with Crippen LogP contribution in [0.2, 0.25) is 0 Å². The topological polar surface area (TPSA) is 85.2 Å². The number of halogens is 1. The van der Waals surface area contributed by atoms with E-state index in [2.05, 4.69) is 25.4 Å². The van der Waals surface area contributed by atoms with Gasteiger partial charge in [-0.2, -0.15) is 0 Å². The van der Waals surface area contributed by atoms with Gasteiger partial charge in [-0.1, -0.05) is 0 Å². The molecule has 0 bridgehead atoms. The largest absolute Gasteiger partial charge is 0.493 e. The summed E-state index contributed by atoms with van der Waals surface area (Å²) >= 11 is 5.11. The summed E-state index contributed by atoms with van der Waals surface area (Å²) in [5, 5.41) is 21.4. The zero-order chi connectivity index (χ0) is 16.9. The third kappa shape index (κ3) is 4.05. The molecule has 128 valence electrons. The minimum atomic E-state index is -0.413. The van der Waals surface area contributed by atoms with Crippen LogP contribution < -0.4 is 5.32 Å². The minimum absolute atomic E-state index is 0.168. The molecule has 0 atom stereocenters. The third-order valence-electron chi connectivity index (χ3n) is 3.76. The first-order valence-electron chi connectivity index (χ1n) is 7.63. The number of azo groups is 1. The number of fused-ring (bicyclic) bond motifs is 1. The predicted molar refractivity (Wildman–Crippen MR) is 92.3 cm³/mol. The van der Waals surface area contributed by atoms with E-state index in [4.69, 9.17) is 17.0 Å². The molecule has 7 nitrogen and oxygen atoms in total. The van der Waals surface area contributed by atoms with Gasteiger partial charge >= 0.3 is 0 Å². The Morgan fingerprint density at radius 2 is 2.21 bits per heavy atom. The fourth-order valence-electron chi connectivity index (χ4n) is 2.51. The van der Waals surface area contributed by atoms with Gasteiger partial charge in [0.2, 0.25) is 11.0 Å². The first-order chi connectivity index (χ1) is 11.6. The van der Waals surface area contributed by atoms with E-state index in [0.717, 1.165) is 32.8 Å². The number of rotatable bonds is 4. The number of hydrogen-bond donors (Lipinski definition) is 3. The third-order valence-corrected chi connectivity index (χ3v) is 3.99. The lowest BCUT2D eigenvalue weighted by Crippen LogP contribution is -2.40. The average molecular weight is 351 g/mol. The summed E-state index contributed by atoms with van der Waals surface area (Å²) in [6, 6.07) is 4.12. The molecule has 24 heavy (non-hydrogen) atoms. The van der Waals surface area contributed by atoms with Crippen LogP contribution in [0.15, 0.2) is 28.4 Å². The van der Waals surface area contributed by atoms with E-state index in [-0.39, 0.29) is 16.7 Å². The Morgan fingerprint density at radius 3 is 3.00 bits per heavy atom. The second-order valence-electron chi connectivity index (χ2n) is 5.40. The molecule has 0 radical (unpaired) electrons. The van der Waals surface area contributed by atoms with Crippen molar-refractivity contribution in [2.75, 3.05) is 39.4 Å². The molecule has 0 spiro atoms. The van der Waals surface area contributed by atoms with Crippen LogP contribution in [-0.2, 0) is 4.74 Å². The Labute approximate surface area is 143 Å². The van der Waals surface area contributed by atoms with Gasteiger partial charge in [0.05, 0.1) is 18.7 Å². The molecule has 0 aliphatic carbocycles. The minimum Gasteiger partial charge on any atom is -0.493 e. The number of morpholine rings is 1. The van der Waals surface area contributed by atoms with Crippen molar-refractivity contribution >= 4 is 33.9 Å². The molecule has 2 heterocycles. The second kappa shape index (κ2) is 7.65. The molecule has 1 saturated heterocycles. The molecule has 0 saturated carbocycles. The lowest BCUT2D eigenvalue weighted by Gasteiger charge is -2.26. The fraction of sp³-hybridized carbons (Fsp3) is 0.400. The van der Waals surface area contributed by atoms with Gasteiger partial charge in [0.25, 0.3) is 0 Å². The number of aromatic nitrogens is 1. The van der Waals surface area contributed by atoms with Gasteiger partial charge in [0.15, 0.2) is 5.69 Å². The lowest BCUT2D eigenvalue weighted by molar-refractivity contribution is 0.0389. The maximum atomic E-state index is 13.3. The number of H-pyrrole nitrogens is 1. The molecule has 3 N–H and O–H groups in total. The summed E-state index contributed by atoms with van der Waals surface area (Å²) in [4.78, 5) is 4.99. The molecule has 1 aromatic heterocycles. The van der Waals surface area contributed by atoms with Crippen LogP contribution in [0.5, 0.6) is 5.88 Å². The molecule has 2 aromatic rings. The molecule has 1 aromatic carbocycles. The van der Waals surface area contributed by atoms with Crippen molar-refractivity contribution in [3.8, 4) is 5.88 Å². The molecule has 3 rings (SSSR count). The van der Waals surface area contributed by atoms with E-state index >= 15 is 0 Å². The number of thiocarbonyl (C=S) groups is 1. The van der Waals surface area contributed by atoms with Gasteiger partial charge in [-0.05, 0) is 30.4 Å². The standard InChI is InChI=1S/C15H18FN5O2S/c16-10-1-2-12-11(9-10)13(14(22)18-12)19-20-15(24)17-3-4-21-5-7-23-8-6-21/h1-2,9,18,22H,3-8H2,(H,17,24). The summed E-state index contributed by atoms with van der Waals surface area (Å²) in [5.41, 5.74) is 0.746. The molecular formula is C15H18FN5O2S. The van der Waals surface area contributed by atoms with Crippen LogP contribution in [0.1, 0.15) is 0 Å². The predicted octanol–water partition coefficient (Wildman–Crippen LogP) is 2.30. The molecule has 1 aliphatic heterocycles. The van der Waals surface area contributed by atoms with E-state index in [1.807, 2.05) is 0 Å². The average Bonchev–Trinajstić information content (AvgIpc) is 2.88. The van der Waals surface area contributed by atoms with Crippen molar-refractivity contribution in [2.24, 2.45) is 10.2 Å². The van der Waals surface area contributed by atoms with E-state index < -0.39 is 5.82 Å². The van der Waals surface area contributed by atoms with Crippen molar-refractivity contribution in [2.45, 2.75) is 0 Å². The first-order valence-corrected chi connectivity index (χ1v) is 8.04. The summed E-state index contributed by atoms with van der Waals surface area (Å²) in [6.45, 7) is 4.80. The van der Waals surface area contributed by atoms with Gasteiger partial charge in [0.1, 0.15) is 5.82 Å². The number of aromatic hydroxyl groups is 1. The molecule has 9 heteroatoms. The van der Waals surface area contributed by atoms with Crippen molar-refractivity contribution in [3.05, 3.63) is 24.0 Å². The van der Waals surface area contributed by atoms with Crippen LogP contribution in [-0.4, -0.2) is 59.5 Å². The van der Waals surface area contributed by atoms with Crippen LogP contribution >= 0.6 is 12.2 Å². The van der Waals surface area contributed by atoms with Crippen molar-refractivity contribution in [3.63, 3.8) is 0 Å². The fourth-order valence-corrected chi connectivity index (χ4v) is 2.66. The Bertz CT molecular complexity index is 758. The molecule has 1 aliphatic rings. The first kappa shape index (κ1) is 16.7. The van der Waals surface area contributed by atoms with Crippen LogP contribution in [0.4, 0.5) is 10.1 Å². The summed E-state index contributed by atoms with van der Waals surface area (Å²) < 4.78 is 18.6. The van der Waals surface area contributed by atoms with Crippen molar-refractivity contribution in [1.29, 1.82) is 0 Å². The van der Waals surface area contributed by atoms with Gasteiger partial charge in [-0.15, -0.1) is 10.2 Å². The zero-order valence-electron chi connectivity index (χ0n) is 13.0. The van der Waals surface area contributed by atoms with E-state index in [1.165, 1.54) is 18.2 Å². The maximum Gasteiger partial charge on any atom is 0.218 e. The highest BCUT2D eigenvalue weighted by Crippen LogP contribution is 2.35. The highest BCUT2D eigenvalue weighted by atomic mass is 32.1. The number of ether oxygens (including phenoxy) is 1. The zero-order valence-corrected chi connectivity index (χ0v) is 13.8. The summed E-state index contributed by atoms with van der Waals surface area (Å²) in [7, 11) is 0. The van der Waals surface area contributed by atoms with E-state index in [9.17, 15) is 9.50 Å². The SMILES string of the molecule is Oc1[nH]c2ccc(F)cc2c1N=NC(=S)NCCN1CCOCC1. The van der Waals surface area contributed by atoms with Crippen molar-refractivity contribution in [1.82, 2.24) is 15.2 Å². The number of hydrogen-bond acceptors (Lipinski definition) is 5. The molecule has 1 fully saturated rings. The van der Waals surface area contributed by atoms with Gasteiger partial charge in [-0.3, -0.25) is 4.90 Å². The molecule has 0 unspecified atom stereocenters. The normalized spacial score (nSPS) is 16.0. The van der Waals surface area contributed by atoms with Crippen LogP contribution in [0, 0.1) is 5.82 Å². The molecular weight excluding hydrogens is 333 g/mol. The van der Waals surface area contributed by atoms with Gasteiger partial charge in [0, 0.05) is 31.6 Å². The number of benzene rings is 1. The highest BCUT2D eigenvalue weighted by Gasteiger charge is 2.12. The number of nitrogens with zero attached hydrogens (tertiary/aromatic N) is 3. The van der Waals surface area contributed by atoms with E-state index in [0.29, 0.717) is 17.4 Å². The lowest BCUT2D eigenvalue weighted by atomic mass is 10.2. The molecule has 0 amide bonds. The van der Waals surface area contributed by atoms with Gasteiger partial charge < -0.3 is 20.1 Å². The quantitative estimate of drug-likeness (QED) is 0.581. The van der Waals surface area contributed by atoms with Crippen LogP contribution in [0.3, 0.4) is 0 Å². The van der Waals surface area contributed by atoms with Crippen molar-refractivity contribution < 1.29 is 14.2 Å². The Balaban J connectivity index is 1.58. The maximum absolute atomic E-state index is 13.3. The Morgan fingerprint density at radius 1 is 1.42 bits per heavy atom. The highest BCUT2D eigenvalue weighted by molar-refractivity contribution is 7.80. The van der Waals surface area contributed by atoms with E-state index in [1.54, 1.807) is 0 Å². The number of nitrogens with one attached hydrogen (secondary N) is 2. The summed E-state index contributed by atoms with van der Waals surface area (Å²) in [5.74, 6) is -0.584. The Kier molecular flexibility index (Phi) is 5.34. The number of aromatic amines is 1. The van der Waals surface area contributed by atoms with Crippen LogP contribution in [0.25, 0.3) is 10.9 Å². The second-order valence-corrected chi connectivity index (χ2v) is 5.78. The monoisotopic (exact) mass is 351 g/mol. The smallest absolute Gasteiger partial charge is 0.218 e.